The fourth-order valence-electron chi connectivity index (χ4n) is 5.85. The first kappa shape index (κ1) is 39.0. The van der Waals surface area contributed by atoms with E-state index < -0.39 is 46.2 Å². The minimum atomic E-state index is -0.970. The van der Waals surface area contributed by atoms with Crippen LogP contribution in [0.2, 0.25) is 10.0 Å². The molecule has 15 nitrogen and oxygen atoms in total. The zero-order valence-corrected chi connectivity index (χ0v) is 30.5. The number of nitro benzene ring substituents is 1. The molecule has 0 bridgehead atoms. The van der Waals surface area contributed by atoms with Crippen LogP contribution in [0.25, 0.3) is 0 Å². The van der Waals surface area contributed by atoms with Gasteiger partial charge in [-0.25, -0.2) is 19.2 Å². The number of nitrogens with zero attached hydrogens (tertiary/aromatic N) is 1. The van der Waals surface area contributed by atoms with Gasteiger partial charge in [-0.2, -0.15) is 0 Å². The van der Waals surface area contributed by atoms with Crippen molar-refractivity contribution in [3.63, 3.8) is 0 Å². The van der Waals surface area contributed by atoms with Gasteiger partial charge in [-0.15, -0.1) is 0 Å². The summed E-state index contributed by atoms with van der Waals surface area (Å²) in [6.07, 6.45) is 0. The Labute approximate surface area is 306 Å². The van der Waals surface area contributed by atoms with Crippen LogP contribution >= 0.6 is 23.2 Å². The van der Waals surface area contributed by atoms with E-state index in [1.807, 2.05) is 0 Å². The van der Waals surface area contributed by atoms with E-state index in [2.05, 4.69) is 5.32 Å². The number of phenolic OH excluding ortho intramolecular Hbond substituents is 2. The summed E-state index contributed by atoms with van der Waals surface area (Å²) in [6.45, 7) is 7.72. The van der Waals surface area contributed by atoms with Crippen molar-refractivity contribution in [1.82, 2.24) is 5.32 Å². The molecule has 0 radical (unpaired) electrons. The number of nitro groups is 1. The lowest BCUT2D eigenvalue weighted by Crippen LogP contribution is -2.32. The van der Waals surface area contributed by atoms with Crippen molar-refractivity contribution >= 4 is 52.8 Å². The number of benzene rings is 3. The van der Waals surface area contributed by atoms with Crippen LogP contribution in [0.3, 0.4) is 0 Å². The Kier molecular flexibility index (Phi) is 11.4. The highest BCUT2D eigenvalue weighted by atomic mass is 35.5. The lowest BCUT2D eigenvalue weighted by molar-refractivity contribution is -0.385. The Morgan fingerprint density at radius 1 is 0.769 bits per heavy atom. The number of ether oxygens (including phenoxy) is 5. The molecule has 0 spiro atoms. The Balaban J connectivity index is 0.000000234. The van der Waals surface area contributed by atoms with Crippen molar-refractivity contribution in [2.24, 2.45) is 0 Å². The van der Waals surface area contributed by atoms with Crippen LogP contribution in [0, 0.1) is 30.9 Å². The van der Waals surface area contributed by atoms with E-state index in [1.165, 1.54) is 60.3 Å². The second kappa shape index (κ2) is 15.2. The molecule has 0 fully saturated rings. The van der Waals surface area contributed by atoms with E-state index >= 15 is 0 Å². The first-order chi connectivity index (χ1) is 24.4. The van der Waals surface area contributed by atoms with Gasteiger partial charge < -0.3 is 39.2 Å². The summed E-state index contributed by atoms with van der Waals surface area (Å²) in [7, 11) is 3.59. The lowest BCUT2D eigenvalue weighted by Gasteiger charge is -2.29. The van der Waals surface area contributed by atoms with Crippen LogP contribution in [0.1, 0.15) is 62.7 Å². The smallest absolute Gasteiger partial charge is 0.347 e. The fraction of sp³-hybridized carbons (Fsp3) is 0.257. The van der Waals surface area contributed by atoms with Crippen LogP contribution in [-0.2, 0) is 23.8 Å². The van der Waals surface area contributed by atoms with Gasteiger partial charge in [-0.05, 0) is 40.2 Å². The van der Waals surface area contributed by atoms with Gasteiger partial charge in [0, 0.05) is 34.2 Å². The predicted octanol–water partition coefficient (Wildman–Crippen LogP) is 6.62. The summed E-state index contributed by atoms with van der Waals surface area (Å²) in [6, 6.07) is 5.97. The number of hydrogen-bond acceptors (Lipinski definition) is 14. The predicted molar refractivity (Wildman–Crippen MR) is 185 cm³/mol. The van der Waals surface area contributed by atoms with Crippen molar-refractivity contribution in [2.75, 3.05) is 21.3 Å². The second-order valence-corrected chi connectivity index (χ2v) is 12.1. The number of dihydropyridines is 1. The van der Waals surface area contributed by atoms with E-state index in [0.29, 0.717) is 11.4 Å². The number of aromatic hydroxyl groups is 2. The third-order valence-electron chi connectivity index (χ3n) is 8.41. The fourth-order valence-corrected chi connectivity index (χ4v) is 6.31. The van der Waals surface area contributed by atoms with Gasteiger partial charge in [0.2, 0.25) is 0 Å². The molecular formula is C35H32Cl2N2O13. The first-order valence-corrected chi connectivity index (χ1v) is 15.8. The van der Waals surface area contributed by atoms with Gasteiger partial charge >= 0.3 is 23.9 Å². The molecule has 2 aliphatic rings. The van der Waals surface area contributed by atoms with Crippen LogP contribution in [0.5, 0.6) is 28.7 Å². The molecule has 17 heteroatoms. The number of methoxy groups -OCH3 is 3. The molecule has 274 valence electrons. The van der Waals surface area contributed by atoms with Gasteiger partial charge in [0.05, 0.1) is 48.3 Å². The Morgan fingerprint density at radius 2 is 1.29 bits per heavy atom. The molecular weight excluding hydrogens is 727 g/mol. The standard InChI is InChI=1S/C18H14Cl2O7.C17H18N2O6/c1-5-9-16(11(20)13(22)10(5)19)26-14-6(2)8(17(23)25-4)12(21)7(3)15(14)27-18(9)24;1-9-13(16(20)24-3)15(14(10(2)18-9)17(21)25-4)11-7-5-6-8-12(11)19(22)23/h21-22H,1-4H3;5-8,15,18H,1-4H3. The quantitative estimate of drug-likeness (QED) is 0.0821. The average Bonchev–Trinajstić information content (AvgIpc) is 3.28. The molecule has 2 aliphatic heterocycles. The number of carbonyl (C=O) groups is 4. The third kappa shape index (κ3) is 6.67. The molecule has 5 rings (SSSR count). The largest absolute Gasteiger partial charge is 0.507 e. The normalized spacial score (nSPS) is 13.6. The topological polar surface area (TPSA) is 210 Å². The molecule has 0 aliphatic carbocycles. The summed E-state index contributed by atoms with van der Waals surface area (Å²) < 4.78 is 25.6. The maximum atomic E-state index is 12.7. The maximum Gasteiger partial charge on any atom is 0.347 e. The highest BCUT2D eigenvalue weighted by molar-refractivity contribution is 6.39. The van der Waals surface area contributed by atoms with E-state index in [-0.39, 0.29) is 77.5 Å². The van der Waals surface area contributed by atoms with E-state index in [4.69, 9.17) is 46.9 Å². The number of esters is 4. The third-order valence-corrected chi connectivity index (χ3v) is 9.22. The number of carbonyl (C=O) groups excluding carboxylic acids is 4. The van der Waals surface area contributed by atoms with Crippen molar-refractivity contribution in [1.29, 1.82) is 0 Å². The molecule has 3 aromatic carbocycles. The molecule has 3 aromatic rings. The lowest BCUT2D eigenvalue weighted by atomic mass is 9.79. The molecule has 0 amide bonds. The van der Waals surface area contributed by atoms with Crippen LogP contribution in [-0.4, -0.2) is 60.3 Å². The summed E-state index contributed by atoms with van der Waals surface area (Å²) in [5.41, 5.74) is 1.46. The van der Waals surface area contributed by atoms with Gasteiger partial charge in [0.15, 0.2) is 23.0 Å². The highest BCUT2D eigenvalue weighted by Gasteiger charge is 2.41. The molecule has 0 aromatic heterocycles. The van der Waals surface area contributed by atoms with Crippen molar-refractivity contribution in [3.8, 4) is 28.7 Å². The maximum absolute atomic E-state index is 12.7. The monoisotopic (exact) mass is 758 g/mol. The van der Waals surface area contributed by atoms with Gasteiger partial charge in [-0.1, -0.05) is 41.4 Å². The minimum absolute atomic E-state index is 0.0131. The van der Waals surface area contributed by atoms with Crippen LogP contribution in [0.15, 0.2) is 46.8 Å². The summed E-state index contributed by atoms with van der Waals surface area (Å²) in [4.78, 5) is 60.3. The Hall–Kier alpha value is -5.80. The number of halogens is 2. The van der Waals surface area contributed by atoms with Crippen molar-refractivity contribution in [3.05, 3.63) is 100 Å². The molecule has 52 heavy (non-hydrogen) atoms. The molecule has 0 unspecified atom stereocenters. The summed E-state index contributed by atoms with van der Waals surface area (Å²) in [5, 5.41) is 34.5. The Bertz CT molecular complexity index is 2100. The van der Waals surface area contributed by atoms with E-state index in [0.717, 1.165) is 0 Å². The second-order valence-electron chi connectivity index (χ2n) is 11.4. The van der Waals surface area contributed by atoms with Crippen LogP contribution < -0.4 is 14.8 Å². The zero-order valence-electron chi connectivity index (χ0n) is 29.0. The minimum Gasteiger partial charge on any atom is -0.507 e. The van der Waals surface area contributed by atoms with Gasteiger partial charge in [0.1, 0.15) is 21.9 Å². The zero-order chi connectivity index (χ0) is 38.9. The number of hydrogen-bond donors (Lipinski definition) is 3. The average molecular weight is 760 g/mol. The number of phenols is 2. The molecule has 3 N–H and O–H groups in total. The summed E-state index contributed by atoms with van der Waals surface area (Å²) >= 11 is 12.2. The van der Waals surface area contributed by atoms with Gasteiger partial charge in [-0.3, -0.25) is 10.1 Å². The van der Waals surface area contributed by atoms with E-state index in [1.54, 1.807) is 19.9 Å². The SMILES string of the molecule is COC(=O)C1=C(C)NC(C)=C(C(=O)OC)C1c1ccccc1[N+](=O)[O-].COC(=O)c1c(C)c2c(c(C)c1O)OC(=O)c1c(C)c(Cl)c(O)c(Cl)c1O2. The number of fused-ring (bicyclic) bond motifs is 2. The number of para-hydroxylation sites is 1. The molecule has 0 atom stereocenters. The first-order valence-electron chi connectivity index (χ1n) is 15.1. The molecule has 0 saturated heterocycles. The number of nitrogens with one attached hydrogen (secondary N) is 1. The molecule has 0 saturated carbocycles. The highest BCUT2D eigenvalue weighted by Crippen LogP contribution is 2.53. The number of allylic oxidation sites excluding steroid dienone is 2. The number of rotatable bonds is 5. The van der Waals surface area contributed by atoms with Gasteiger partial charge in [0.25, 0.3) is 5.69 Å². The summed E-state index contributed by atoms with van der Waals surface area (Å²) in [5.74, 6) is -5.06. The van der Waals surface area contributed by atoms with Crippen molar-refractivity contribution in [2.45, 2.75) is 40.5 Å². The molecule has 2 heterocycles. The van der Waals surface area contributed by atoms with Crippen molar-refractivity contribution < 1.29 is 58.0 Å². The van der Waals surface area contributed by atoms with E-state index in [9.17, 15) is 39.5 Å². The van der Waals surface area contributed by atoms with Crippen LogP contribution in [0.4, 0.5) is 5.69 Å². The Morgan fingerprint density at radius 3 is 1.81 bits per heavy atom.